The van der Waals surface area contributed by atoms with Crippen LogP contribution in [0.25, 0.3) is 10.2 Å². The number of nitrogens with zero attached hydrogens (tertiary/aromatic N) is 2. The molecule has 0 atom stereocenters. The summed E-state index contributed by atoms with van der Waals surface area (Å²) in [5.41, 5.74) is 9.77. The predicted molar refractivity (Wildman–Crippen MR) is 113 cm³/mol. The fraction of sp³-hybridized carbons (Fsp3) is 0.300. The standard InChI is InChI=1S/C20H21ClN4OS/c1-11(2)25-7-6-16-12(10-25)8-15-17(22)18(27-20(15)24-16)19(26)23-14-5-3-4-13(21)9-14/h3-5,8-9,11H,6-7,10,22H2,1-2H3,(H,23,26). The minimum absolute atomic E-state index is 0.237. The third-order valence-electron chi connectivity index (χ3n) is 4.92. The maximum atomic E-state index is 12.7. The second-order valence-corrected chi connectivity index (χ2v) is 8.51. The lowest BCUT2D eigenvalue weighted by Crippen LogP contribution is -2.36. The number of carbonyl (C=O) groups is 1. The van der Waals surface area contributed by atoms with Gasteiger partial charge in [-0.05, 0) is 43.7 Å². The Labute approximate surface area is 167 Å². The first-order valence-electron chi connectivity index (χ1n) is 8.94. The van der Waals surface area contributed by atoms with Crippen molar-refractivity contribution in [3.05, 3.63) is 51.5 Å². The van der Waals surface area contributed by atoms with Gasteiger partial charge in [-0.3, -0.25) is 9.69 Å². The molecule has 0 spiro atoms. The number of hydrogen-bond acceptors (Lipinski definition) is 5. The van der Waals surface area contributed by atoms with Gasteiger partial charge in [0, 0.05) is 47.3 Å². The molecular formula is C20H21ClN4OS. The van der Waals surface area contributed by atoms with Crippen molar-refractivity contribution in [2.24, 2.45) is 0 Å². The van der Waals surface area contributed by atoms with Gasteiger partial charge in [-0.2, -0.15) is 0 Å². The Balaban J connectivity index is 1.67. The van der Waals surface area contributed by atoms with Gasteiger partial charge >= 0.3 is 0 Å². The van der Waals surface area contributed by atoms with E-state index in [0.29, 0.717) is 27.3 Å². The number of fused-ring (bicyclic) bond motifs is 2. The van der Waals surface area contributed by atoms with Crippen molar-refractivity contribution in [1.82, 2.24) is 9.88 Å². The number of aromatic nitrogens is 1. The molecule has 1 amide bonds. The third-order valence-corrected chi connectivity index (χ3v) is 6.27. The van der Waals surface area contributed by atoms with Crippen molar-refractivity contribution < 1.29 is 4.79 Å². The lowest BCUT2D eigenvalue weighted by atomic mass is 10.0. The number of amides is 1. The lowest BCUT2D eigenvalue weighted by molar-refractivity contribution is 0.103. The molecule has 1 aromatic carbocycles. The van der Waals surface area contributed by atoms with Gasteiger partial charge in [0.05, 0.1) is 5.69 Å². The van der Waals surface area contributed by atoms with Crippen LogP contribution in [0.3, 0.4) is 0 Å². The smallest absolute Gasteiger partial charge is 0.267 e. The van der Waals surface area contributed by atoms with Gasteiger partial charge in [-0.25, -0.2) is 4.98 Å². The van der Waals surface area contributed by atoms with Crippen LogP contribution in [0.1, 0.15) is 34.8 Å². The van der Waals surface area contributed by atoms with Gasteiger partial charge in [0.1, 0.15) is 9.71 Å². The van der Waals surface area contributed by atoms with E-state index in [0.717, 1.165) is 35.4 Å². The van der Waals surface area contributed by atoms with Crippen LogP contribution in [-0.2, 0) is 13.0 Å². The van der Waals surface area contributed by atoms with Crippen LogP contribution >= 0.6 is 22.9 Å². The first-order valence-corrected chi connectivity index (χ1v) is 10.1. The number of carbonyl (C=O) groups excluding carboxylic acids is 1. The maximum Gasteiger partial charge on any atom is 0.267 e. The highest BCUT2D eigenvalue weighted by molar-refractivity contribution is 7.21. The molecule has 2 aromatic heterocycles. The van der Waals surface area contributed by atoms with E-state index in [1.54, 1.807) is 24.3 Å². The van der Waals surface area contributed by atoms with Crippen molar-refractivity contribution in [1.29, 1.82) is 0 Å². The molecule has 5 nitrogen and oxygen atoms in total. The number of pyridine rings is 1. The monoisotopic (exact) mass is 400 g/mol. The van der Waals surface area contributed by atoms with E-state index in [-0.39, 0.29) is 5.91 Å². The molecule has 3 N–H and O–H groups in total. The second-order valence-electron chi connectivity index (χ2n) is 7.07. The van der Waals surface area contributed by atoms with Gasteiger partial charge < -0.3 is 11.1 Å². The summed E-state index contributed by atoms with van der Waals surface area (Å²) in [7, 11) is 0. The summed E-state index contributed by atoms with van der Waals surface area (Å²) in [6.45, 7) is 6.28. The van der Waals surface area contributed by atoms with Gasteiger partial charge in [0.25, 0.3) is 5.91 Å². The van der Waals surface area contributed by atoms with E-state index < -0.39 is 0 Å². The summed E-state index contributed by atoms with van der Waals surface area (Å²) in [5, 5.41) is 4.30. The van der Waals surface area contributed by atoms with Crippen LogP contribution in [-0.4, -0.2) is 28.4 Å². The van der Waals surface area contributed by atoms with Crippen LogP contribution in [0.15, 0.2) is 30.3 Å². The van der Waals surface area contributed by atoms with Crippen LogP contribution in [0.4, 0.5) is 11.4 Å². The molecule has 0 saturated heterocycles. The number of nitrogen functional groups attached to an aromatic ring is 1. The summed E-state index contributed by atoms with van der Waals surface area (Å²) >= 11 is 7.33. The molecule has 0 radical (unpaired) electrons. The van der Waals surface area contributed by atoms with E-state index >= 15 is 0 Å². The Morgan fingerprint density at radius 2 is 2.19 bits per heavy atom. The van der Waals surface area contributed by atoms with Crippen LogP contribution in [0.2, 0.25) is 5.02 Å². The largest absolute Gasteiger partial charge is 0.397 e. The van der Waals surface area contributed by atoms with Gasteiger partial charge in [0.2, 0.25) is 0 Å². The first kappa shape index (κ1) is 18.2. The Bertz CT molecular complexity index is 1030. The number of rotatable bonds is 3. The Morgan fingerprint density at radius 3 is 2.93 bits per heavy atom. The molecule has 1 aliphatic rings. The molecule has 3 heterocycles. The van der Waals surface area contributed by atoms with E-state index in [2.05, 4.69) is 30.1 Å². The minimum atomic E-state index is -0.237. The summed E-state index contributed by atoms with van der Waals surface area (Å²) in [4.78, 5) is 21.3. The van der Waals surface area contributed by atoms with Crippen molar-refractivity contribution in [3.63, 3.8) is 0 Å². The van der Waals surface area contributed by atoms with Gasteiger partial charge in [-0.1, -0.05) is 17.7 Å². The topological polar surface area (TPSA) is 71.2 Å². The second kappa shape index (κ2) is 7.11. The van der Waals surface area contributed by atoms with Gasteiger partial charge in [0.15, 0.2) is 0 Å². The maximum absolute atomic E-state index is 12.7. The van der Waals surface area contributed by atoms with E-state index in [4.69, 9.17) is 22.3 Å². The molecule has 27 heavy (non-hydrogen) atoms. The first-order chi connectivity index (χ1) is 12.9. The van der Waals surface area contributed by atoms with E-state index in [9.17, 15) is 4.79 Å². The zero-order valence-electron chi connectivity index (χ0n) is 15.3. The fourth-order valence-corrected chi connectivity index (χ4v) is 4.56. The van der Waals surface area contributed by atoms with Crippen molar-refractivity contribution in [2.45, 2.75) is 32.9 Å². The average molecular weight is 401 g/mol. The molecule has 1 aliphatic heterocycles. The highest BCUT2D eigenvalue weighted by atomic mass is 35.5. The number of benzene rings is 1. The van der Waals surface area contributed by atoms with Crippen LogP contribution in [0.5, 0.6) is 0 Å². The van der Waals surface area contributed by atoms with Crippen molar-refractivity contribution in [2.75, 3.05) is 17.6 Å². The summed E-state index contributed by atoms with van der Waals surface area (Å²) in [6, 6.07) is 9.66. The predicted octanol–water partition coefficient (Wildman–Crippen LogP) is 4.55. The van der Waals surface area contributed by atoms with E-state index in [1.165, 1.54) is 16.9 Å². The highest BCUT2D eigenvalue weighted by Crippen LogP contribution is 2.35. The quantitative estimate of drug-likeness (QED) is 0.676. The summed E-state index contributed by atoms with van der Waals surface area (Å²) in [5.74, 6) is -0.237. The number of anilines is 2. The minimum Gasteiger partial charge on any atom is -0.397 e. The number of hydrogen-bond donors (Lipinski definition) is 2. The molecular weight excluding hydrogens is 380 g/mol. The number of nitrogens with one attached hydrogen (secondary N) is 1. The number of thiophene rings is 1. The molecule has 0 bridgehead atoms. The average Bonchev–Trinajstić information content (AvgIpc) is 2.95. The van der Waals surface area contributed by atoms with Crippen molar-refractivity contribution >= 4 is 50.4 Å². The van der Waals surface area contributed by atoms with Crippen LogP contribution < -0.4 is 11.1 Å². The molecule has 4 rings (SSSR count). The number of halogens is 1. The molecule has 7 heteroatoms. The van der Waals surface area contributed by atoms with Crippen LogP contribution in [0, 0.1) is 0 Å². The fourth-order valence-electron chi connectivity index (χ4n) is 3.38. The third kappa shape index (κ3) is 3.52. The zero-order valence-corrected chi connectivity index (χ0v) is 16.8. The van der Waals surface area contributed by atoms with E-state index in [1.807, 2.05) is 0 Å². The molecule has 0 fully saturated rings. The SMILES string of the molecule is CC(C)N1CCc2nc3sc(C(=O)Nc4cccc(Cl)c4)c(N)c3cc2C1. The number of nitrogens with two attached hydrogens (primary N) is 1. The molecule has 140 valence electrons. The molecule has 0 saturated carbocycles. The molecule has 0 aliphatic carbocycles. The highest BCUT2D eigenvalue weighted by Gasteiger charge is 2.23. The van der Waals surface area contributed by atoms with Crippen molar-refractivity contribution in [3.8, 4) is 0 Å². The summed E-state index contributed by atoms with van der Waals surface area (Å²) < 4.78 is 0. The zero-order chi connectivity index (χ0) is 19.1. The lowest BCUT2D eigenvalue weighted by Gasteiger charge is -2.31. The Hall–Kier alpha value is -2.15. The Morgan fingerprint density at radius 1 is 1.37 bits per heavy atom. The normalized spacial score (nSPS) is 14.5. The van der Waals surface area contributed by atoms with Gasteiger partial charge in [-0.15, -0.1) is 11.3 Å². The molecule has 3 aromatic rings. The Kier molecular flexibility index (Phi) is 4.80. The summed E-state index contributed by atoms with van der Waals surface area (Å²) in [6.07, 6.45) is 0.922. The molecule has 0 unspecified atom stereocenters.